The van der Waals surface area contributed by atoms with Crippen LogP contribution >= 0.6 is 0 Å². The molecule has 1 aromatic heterocycles. The summed E-state index contributed by atoms with van der Waals surface area (Å²) in [6, 6.07) is 3.74. The lowest BCUT2D eigenvalue weighted by molar-refractivity contribution is -0.154. The van der Waals surface area contributed by atoms with Gasteiger partial charge in [-0.25, -0.2) is 14.2 Å². The number of amides is 1. The topological polar surface area (TPSA) is 91.8 Å². The smallest absolute Gasteiger partial charge is 0.417 e. The summed E-state index contributed by atoms with van der Waals surface area (Å²) >= 11 is 0. The van der Waals surface area contributed by atoms with E-state index in [-0.39, 0.29) is 35.4 Å². The number of likely N-dealkylation sites (tertiary alicyclic amines) is 1. The van der Waals surface area contributed by atoms with Crippen LogP contribution in [-0.2, 0) is 22.3 Å². The molecule has 1 saturated heterocycles. The number of halogens is 4. The predicted molar refractivity (Wildman–Crippen MR) is 143 cm³/mol. The standard InChI is InChI=1S/C30H37F4N3O4/c1-29(2,3)22-23(35-15-18-14-19(30(32,33)34)16-36-26(18)41-4)24(20-12-8-9-13-21(20)31)37(25(22)28(39)40)27(38)17-10-6-5-7-11-17/h8-9,12-14,16-17,22-25,35H,5-7,10-11,15H2,1-4H3,(H,39,40)/t22-,23-,24-,25-/m0/s1. The molecule has 0 unspecified atom stereocenters. The number of rotatable bonds is 7. The molecule has 1 aromatic carbocycles. The second-order valence-electron chi connectivity index (χ2n) is 12.0. The Morgan fingerprint density at radius 2 is 1.78 bits per heavy atom. The summed E-state index contributed by atoms with van der Waals surface area (Å²) < 4.78 is 61.1. The summed E-state index contributed by atoms with van der Waals surface area (Å²) in [7, 11) is 1.29. The molecule has 0 radical (unpaired) electrons. The van der Waals surface area contributed by atoms with E-state index < -0.39 is 53.0 Å². The lowest BCUT2D eigenvalue weighted by Crippen LogP contribution is -2.49. The number of benzene rings is 1. The van der Waals surface area contributed by atoms with Crippen molar-refractivity contribution in [2.75, 3.05) is 7.11 Å². The molecule has 2 aliphatic rings. The van der Waals surface area contributed by atoms with Gasteiger partial charge in [0.05, 0.1) is 18.7 Å². The Bertz CT molecular complexity index is 1260. The van der Waals surface area contributed by atoms with Crippen molar-refractivity contribution in [1.82, 2.24) is 15.2 Å². The summed E-state index contributed by atoms with van der Waals surface area (Å²) in [5, 5.41) is 13.8. The molecule has 4 atom stereocenters. The van der Waals surface area contributed by atoms with Gasteiger partial charge in [0.25, 0.3) is 0 Å². The molecule has 4 rings (SSSR count). The monoisotopic (exact) mass is 579 g/mol. The van der Waals surface area contributed by atoms with Crippen molar-refractivity contribution in [1.29, 1.82) is 0 Å². The number of hydrogen-bond acceptors (Lipinski definition) is 5. The highest BCUT2D eigenvalue weighted by Gasteiger charge is 2.59. The molecule has 2 heterocycles. The van der Waals surface area contributed by atoms with Crippen LogP contribution in [0.15, 0.2) is 36.5 Å². The Balaban J connectivity index is 1.84. The van der Waals surface area contributed by atoms with Crippen LogP contribution in [0.2, 0.25) is 0 Å². The molecule has 224 valence electrons. The normalized spacial score (nSPS) is 24.0. The maximum absolute atomic E-state index is 15.4. The van der Waals surface area contributed by atoms with Crippen LogP contribution in [0.1, 0.15) is 75.6 Å². The molecule has 41 heavy (non-hydrogen) atoms. The fourth-order valence-electron chi connectivity index (χ4n) is 6.52. The number of alkyl halides is 3. The van der Waals surface area contributed by atoms with Crippen LogP contribution in [0, 0.1) is 23.1 Å². The lowest BCUT2D eigenvalue weighted by atomic mass is 9.72. The van der Waals surface area contributed by atoms with E-state index in [2.05, 4.69) is 10.3 Å². The number of carbonyl (C=O) groups is 2. The van der Waals surface area contributed by atoms with Gasteiger partial charge in [-0.3, -0.25) is 4.79 Å². The zero-order chi connectivity index (χ0) is 30.1. The second kappa shape index (κ2) is 12.0. The summed E-state index contributed by atoms with van der Waals surface area (Å²) in [4.78, 5) is 32.2. The molecule has 1 amide bonds. The van der Waals surface area contributed by atoms with Gasteiger partial charge in [0.1, 0.15) is 11.9 Å². The quantitative estimate of drug-likeness (QED) is 0.392. The van der Waals surface area contributed by atoms with E-state index in [4.69, 9.17) is 4.74 Å². The molecule has 1 aliphatic carbocycles. The van der Waals surface area contributed by atoms with E-state index >= 15 is 4.39 Å². The third-order valence-corrected chi connectivity index (χ3v) is 8.33. The van der Waals surface area contributed by atoms with Crippen LogP contribution in [0.25, 0.3) is 0 Å². The van der Waals surface area contributed by atoms with E-state index in [0.29, 0.717) is 19.0 Å². The van der Waals surface area contributed by atoms with Crippen molar-refractivity contribution >= 4 is 11.9 Å². The second-order valence-corrected chi connectivity index (χ2v) is 12.0. The summed E-state index contributed by atoms with van der Waals surface area (Å²) in [6.45, 7) is 5.37. The predicted octanol–water partition coefficient (Wildman–Crippen LogP) is 5.99. The van der Waals surface area contributed by atoms with Crippen LogP contribution in [0.5, 0.6) is 5.88 Å². The van der Waals surface area contributed by atoms with Gasteiger partial charge in [0, 0.05) is 41.7 Å². The minimum atomic E-state index is -4.64. The van der Waals surface area contributed by atoms with Gasteiger partial charge < -0.3 is 20.1 Å². The number of pyridine rings is 1. The fraction of sp³-hybridized carbons (Fsp3) is 0.567. The van der Waals surface area contributed by atoms with Crippen molar-refractivity contribution in [3.05, 3.63) is 59.0 Å². The fourth-order valence-corrected chi connectivity index (χ4v) is 6.52. The molecule has 2 N–H and O–H groups in total. The van der Waals surface area contributed by atoms with Gasteiger partial charge >= 0.3 is 12.1 Å². The SMILES string of the molecule is COc1ncc(C(F)(F)F)cc1CN[C@H]1[C@H](C(C)(C)C)[C@@H](C(=O)O)N(C(=O)C2CCCCC2)[C@H]1c1ccccc1F. The molecule has 2 fully saturated rings. The number of carboxylic acid groups (broad SMARTS) is 1. The van der Waals surface area contributed by atoms with Gasteiger partial charge in [-0.15, -0.1) is 0 Å². The Kier molecular flexibility index (Phi) is 8.96. The number of aliphatic carboxylic acids is 1. The Labute approximate surface area is 237 Å². The third kappa shape index (κ3) is 6.34. The number of nitrogens with zero attached hydrogens (tertiary/aromatic N) is 2. The average Bonchev–Trinajstić information content (AvgIpc) is 3.27. The molecule has 1 aliphatic heterocycles. The molecule has 2 aromatic rings. The number of methoxy groups -OCH3 is 1. The van der Waals surface area contributed by atoms with E-state index in [0.717, 1.165) is 25.3 Å². The molecular formula is C30H37F4N3O4. The van der Waals surface area contributed by atoms with Crippen LogP contribution < -0.4 is 10.1 Å². The first-order chi connectivity index (χ1) is 19.3. The first kappa shape index (κ1) is 30.7. The lowest BCUT2D eigenvalue weighted by Gasteiger charge is -2.36. The van der Waals surface area contributed by atoms with Crippen molar-refractivity contribution in [3.8, 4) is 5.88 Å². The Hall–Kier alpha value is -3.21. The Morgan fingerprint density at radius 1 is 1.12 bits per heavy atom. The van der Waals surface area contributed by atoms with Crippen LogP contribution in [0.3, 0.4) is 0 Å². The average molecular weight is 580 g/mol. The molecule has 11 heteroatoms. The van der Waals surface area contributed by atoms with Crippen LogP contribution in [-0.4, -0.2) is 46.1 Å². The maximum Gasteiger partial charge on any atom is 0.417 e. The summed E-state index contributed by atoms with van der Waals surface area (Å²) in [5.41, 5.74) is -1.40. The van der Waals surface area contributed by atoms with Gasteiger partial charge in [-0.2, -0.15) is 13.2 Å². The molecular weight excluding hydrogens is 542 g/mol. The highest BCUT2D eigenvalue weighted by molar-refractivity contribution is 5.87. The van der Waals surface area contributed by atoms with Crippen LogP contribution in [0.4, 0.5) is 17.6 Å². The van der Waals surface area contributed by atoms with E-state index in [1.54, 1.807) is 6.07 Å². The number of carbonyl (C=O) groups excluding carboxylic acids is 1. The number of aromatic nitrogens is 1. The first-order valence-electron chi connectivity index (χ1n) is 13.9. The van der Waals surface area contributed by atoms with E-state index in [1.165, 1.54) is 30.2 Å². The number of carboxylic acids is 1. The molecule has 7 nitrogen and oxygen atoms in total. The van der Waals surface area contributed by atoms with E-state index in [1.807, 2.05) is 20.8 Å². The highest BCUT2D eigenvalue weighted by Crippen LogP contribution is 2.50. The summed E-state index contributed by atoms with van der Waals surface area (Å²) in [6.07, 6.45) is -0.0253. The maximum atomic E-state index is 15.4. The Morgan fingerprint density at radius 3 is 2.34 bits per heavy atom. The zero-order valence-electron chi connectivity index (χ0n) is 23.7. The molecule has 0 bridgehead atoms. The first-order valence-corrected chi connectivity index (χ1v) is 13.9. The van der Waals surface area contributed by atoms with Crippen molar-refractivity contribution in [3.63, 3.8) is 0 Å². The van der Waals surface area contributed by atoms with Gasteiger partial charge in [-0.1, -0.05) is 58.2 Å². The number of ether oxygens (including phenoxy) is 1. The van der Waals surface area contributed by atoms with Crippen molar-refractivity contribution in [2.24, 2.45) is 17.3 Å². The third-order valence-electron chi connectivity index (χ3n) is 8.33. The van der Waals surface area contributed by atoms with Gasteiger partial charge in [0.2, 0.25) is 11.8 Å². The molecule has 0 spiro atoms. The minimum Gasteiger partial charge on any atom is -0.481 e. The van der Waals surface area contributed by atoms with Gasteiger partial charge in [0.15, 0.2) is 0 Å². The summed E-state index contributed by atoms with van der Waals surface area (Å²) in [5.74, 6) is -3.26. The van der Waals surface area contributed by atoms with Gasteiger partial charge in [-0.05, 0) is 30.4 Å². The number of hydrogen-bond donors (Lipinski definition) is 2. The minimum absolute atomic E-state index is 0.0248. The number of nitrogens with one attached hydrogen (secondary N) is 1. The largest absolute Gasteiger partial charge is 0.481 e. The van der Waals surface area contributed by atoms with Crippen molar-refractivity contribution < 1.29 is 37.0 Å². The highest BCUT2D eigenvalue weighted by atomic mass is 19.4. The zero-order valence-corrected chi connectivity index (χ0v) is 23.7. The molecule has 1 saturated carbocycles. The van der Waals surface area contributed by atoms with E-state index in [9.17, 15) is 27.9 Å². The van der Waals surface area contributed by atoms with Crippen molar-refractivity contribution in [2.45, 2.75) is 83.7 Å².